The summed E-state index contributed by atoms with van der Waals surface area (Å²) in [6.45, 7) is 2.94. The summed E-state index contributed by atoms with van der Waals surface area (Å²) in [5.74, 6) is 0.397. The molecule has 0 unspecified atom stereocenters. The lowest BCUT2D eigenvalue weighted by Crippen LogP contribution is -2.48. The second kappa shape index (κ2) is 13.4. The van der Waals surface area contributed by atoms with Crippen LogP contribution < -0.4 is 0 Å². The fourth-order valence-corrected chi connectivity index (χ4v) is 6.90. The van der Waals surface area contributed by atoms with Crippen LogP contribution >= 0.6 is 0 Å². The number of ether oxygens (including phenoxy) is 1. The minimum atomic E-state index is -6.56. The van der Waals surface area contributed by atoms with Crippen LogP contribution in [0, 0.1) is 13.8 Å². The monoisotopic (exact) mass is 644 g/mol. The van der Waals surface area contributed by atoms with Gasteiger partial charge in [-0.15, -0.1) is 0 Å². The van der Waals surface area contributed by atoms with Gasteiger partial charge in [0.2, 0.25) is 0 Å². The van der Waals surface area contributed by atoms with E-state index in [0.717, 1.165) is 16.5 Å². The van der Waals surface area contributed by atoms with Gasteiger partial charge in [0, 0.05) is 12.1 Å². The van der Waals surface area contributed by atoms with Crippen molar-refractivity contribution in [2.45, 2.75) is 46.5 Å². The van der Waals surface area contributed by atoms with Crippen molar-refractivity contribution >= 4 is 31.8 Å². The number of halogens is 4. The number of rotatable bonds is 8. The third-order valence-electron chi connectivity index (χ3n) is 6.54. The molecule has 5 aromatic carbocycles. The first kappa shape index (κ1) is 33.0. The minimum absolute atomic E-state index is 0.123. The first-order valence-electron chi connectivity index (χ1n) is 13.2. The zero-order chi connectivity index (χ0) is 32.1. The van der Waals surface area contributed by atoms with Gasteiger partial charge in [-0.05, 0) is 71.6 Å². The summed E-state index contributed by atoms with van der Waals surface area (Å²) in [6.07, 6.45) is -5.43. The summed E-state index contributed by atoms with van der Waals surface area (Å²) in [4.78, 5) is 3.82. The van der Waals surface area contributed by atoms with E-state index in [4.69, 9.17) is 0 Å². The van der Waals surface area contributed by atoms with Crippen molar-refractivity contribution in [3.63, 3.8) is 0 Å². The van der Waals surface area contributed by atoms with Gasteiger partial charge in [-0.1, -0.05) is 72.8 Å². The number of aryl methyl sites for hydroxylation is 2. The van der Waals surface area contributed by atoms with Crippen molar-refractivity contribution in [3.8, 4) is 5.75 Å². The third-order valence-corrected chi connectivity index (χ3v) is 9.60. The Hall–Kier alpha value is -3.90. The molecule has 0 aromatic heterocycles. The van der Waals surface area contributed by atoms with Crippen LogP contribution in [0.15, 0.2) is 130 Å². The van der Waals surface area contributed by atoms with E-state index >= 15 is 0 Å². The fraction of sp³-hybridized carbons (Fsp3) is 0.152. The number of alkyl halides is 4. The predicted molar refractivity (Wildman–Crippen MR) is 161 cm³/mol. The van der Waals surface area contributed by atoms with E-state index in [9.17, 15) is 35.6 Å². The van der Waals surface area contributed by atoms with E-state index in [-0.39, 0.29) is 16.5 Å². The number of phenolic OH excluding ortho intramolecular Hbond substituents is 1. The Bertz CT molecular complexity index is 1770. The first-order valence-corrected chi connectivity index (χ1v) is 15.8. The highest BCUT2D eigenvalue weighted by molar-refractivity contribution is 7.97. The molecule has 0 atom stereocenters. The van der Waals surface area contributed by atoms with Crippen LogP contribution in [0.2, 0.25) is 0 Å². The van der Waals surface area contributed by atoms with Crippen LogP contribution in [0.4, 0.5) is 17.6 Å². The number of hydrogen-bond donors (Lipinski definition) is 1. The van der Waals surface area contributed by atoms with Crippen LogP contribution in [-0.4, -0.2) is 29.4 Å². The van der Waals surface area contributed by atoms with Crippen LogP contribution in [0.1, 0.15) is 16.7 Å². The lowest BCUT2D eigenvalue weighted by atomic mass is 10.1. The summed E-state index contributed by atoms with van der Waals surface area (Å²) in [7, 11) is -6.71. The number of aromatic hydroxyl groups is 1. The van der Waals surface area contributed by atoms with E-state index in [0.29, 0.717) is 11.1 Å². The van der Waals surface area contributed by atoms with Gasteiger partial charge in [0.15, 0.2) is 24.8 Å². The van der Waals surface area contributed by atoms with Crippen molar-refractivity contribution < 1.29 is 40.4 Å². The number of hydrogen-bond acceptors (Lipinski definition) is 5. The molecule has 0 fully saturated rings. The molecule has 0 saturated carbocycles. The van der Waals surface area contributed by atoms with Crippen LogP contribution in [0.5, 0.6) is 5.75 Å². The molecule has 0 aliphatic carbocycles. The minimum Gasteiger partial charge on any atom is -0.743 e. The third kappa shape index (κ3) is 7.41. The fourth-order valence-electron chi connectivity index (χ4n) is 4.29. The van der Waals surface area contributed by atoms with Gasteiger partial charge in [0.05, 0.1) is 17.5 Å². The number of phenols is 1. The first-order chi connectivity index (χ1) is 20.7. The number of fused-ring (bicyclic) bond motifs is 1. The van der Waals surface area contributed by atoms with Crippen molar-refractivity contribution in [3.05, 3.63) is 132 Å². The maximum absolute atomic E-state index is 13.1. The Morgan fingerprint density at radius 3 is 1.68 bits per heavy atom. The highest BCUT2D eigenvalue weighted by Gasteiger charge is 2.63. The zero-order valence-electron chi connectivity index (χ0n) is 23.6. The Kier molecular flexibility index (Phi) is 10.0. The molecule has 0 amide bonds. The summed E-state index contributed by atoms with van der Waals surface area (Å²) in [6, 6.07) is 36.6. The average molecular weight is 645 g/mol. The van der Waals surface area contributed by atoms with E-state index < -0.39 is 28.1 Å². The molecule has 0 saturated heterocycles. The highest BCUT2D eigenvalue weighted by Crippen LogP contribution is 2.40. The van der Waals surface area contributed by atoms with Crippen LogP contribution in [-0.2, 0) is 32.4 Å². The van der Waals surface area contributed by atoms with E-state index in [1.807, 2.05) is 26.0 Å². The van der Waals surface area contributed by atoms with Crippen molar-refractivity contribution in [1.82, 2.24) is 0 Å². The quantitative estimate of drug-likeness (QED) is 0.105. The lowest BCUT2D eigenvalue weighted by molar-refractivity contribution is -0.323. The second-order valence-electron chi connectivity index (χ2n) is 9.80. The maximum Gasteiger partial charge on any atom is 0.434 e. The van der Waals surface area contributed by atoms with Gasteiger partial charge >= 0.3 is 11.4 Å². The maximum atomic E-state index is 13.1. The molecule has 0 spiro atoms. The highest BCUT2D eigenvalue weighted by atomic mass is 32.2. The summed E-state index contributed by atoms with van der Waals surface area (Å²) < 4.78 is 86.4. The van der Waals surface area contributed by atoms with Gasteiger partial charge in [-0.25, -0.2) is 8.42 Å². The van der Waals surface area contributed by atoms with E-state index in [1.54, 1.807) is 30.3 Å². The smallest absolute Gasteiger partial charge is 0.434 e. The second-order valence-corrected chi connectivity index (χ2v) is 13.2. The number of benzene rings is 5. The van der Waals surface area contributed by atoms with E-state index in [1.165, 1.54) is 26.8 Å². The molecular weight excluding hydrogens is 616 g/mol. The molecule has 5 aromatic rings. The summed E-state index contributed by atoms with van der Waals surface area (Å²) in [5.41, 5.74) is 1.98. The lowest BCUT2D eigenvalue weighted by Gasteiger charge is -2.27. The molecule has 44 heavy (non-hydrogen) atoms. The van der Waals surface area contributed by atoms with Gasteiger partial charge in [0.1, 0.15) is 5.75 Å². The molecule has 0 radical (unpaired) electrons. The molecule has 5 nitrogen and oxygen atoms in total. The van der Waals surface area contributed by atoms with E-state index in [2.05, 4.69) is 65.4 Å². The van der Waals surface area contributed by atoms with Crippen LogP contribution in [0.3, 0.4) is 0 Å². The Balaban J connectivity index is 0.000000201. The molecule has 11 heteroatoms. The average Bonchev–Trinajstić information content (AvgIpc) is 2.99. The largest absolute Gasteiger partial charge is 0.743 e. The van der Waals surface area contributed by atoms with Gasteiger partial charge in [-0.2, -0.15) is 17.6 Å². The Labute approximate surface area is 255 Å². The molecule has 0 aliphatic rings. The topological polar surface area (TPSA) is 86.7 Å². The van der Waals surface area contributed by atoms with Crippen molar-refractivity contribution in [2.75, 3.05) is 0 Å². The van der Waals surface area contributed by atoms with Gasteiger partial charge < -0.3 is 14.4 Å². The van der Waals surface area contributed by atoms with Crippen LogP contribution in [0.25, 0.3) is 10.8 Å². The molecule has 0 aliphatic heterocycles. The molecule has 0 heterocycles. The predicted octanol–water partition coefficient (Wildman–Crippen LogP) is 8.19. The van der Waals surface area contributed by atoms with Crippen molar-refractivity contribution in [1.29, 1.82) is 0 Å². The van der Waals surface area contributed by atoms with Crippen molar-refractivity contribution in [2.24, 2.45) is 0 Å². The summed E-state index contributed by atoms with van der Waals surface area (Å²) in [5, 5.41) is 5.67. The SMILES string of the molecule is Cc1cc([S+](c2ccccc2)c2ccccc2)cc(C)c1O.O=S(=O)([O-])C(F)(F)C(F)(F)OCc1ccc2ccccc2c1. The molecule has 0 bridgehead atoms. The summed E-state index contributed by atoms with van der Waals surface area (Å²) >= 11 is 0. The molecule has 1 N–H and O–H groups in total. The molecule has 230 valence electrons. The van der Waals surface area contributed by atoms with Gasteiger partial charge in [-0.3, -0.25) is 0 Å². The zero-order valence-corrected chi connectivity index (χ0v) is 25.2. The Morgan fingerprint density at radius 2 is 1.18 bits per heavy atom. The molecule has 5 rings (SSSR count). The normalized spacial score (nSPS) is 12.2. The van der Waals surface area contributed by atoms with Gasteiger partial charge in [0.25, 0.3) is 0 Å². The standard InChI is InChI=1S/C20H18OS.C13H10F4O4S/c1-15-13-19(14-16(2)20(15)21)22(17-9-5-3-6-10-17)18-11-7-4-8-12-18;14-12(15,13(16,17)22(18,19)20)21-8-9-5-6-10-3-1-2-4-11(10)7-9/h3-14H,1-2H3;1-7H,8H2,(H,18,19,20). The molecular formula is C33H28F4O5S2. The Morgan fingerprint density at radius 1 is 0.705 bits per heavy atom.